The summed E-state index contributed by atoms with van der Waals surface area (Å²) < 4.78 is 36.0. The van der Waals surface area contributed by atoms with Gasteiger partial charge in [0.25, 0.3) is 11.1 Å². The van der Waals surface area contributed by atoms with Crippen molar-refractivity contribution >= 4 is 62.3 Å². The summed E-state index contributed by atoms with van der Waals surface area (Å²) in [4.78, 5) is 26.7. The molecule has 0 saturated carbocycles. The standard InChI is InChI=1S/C25H19Cl2NO6S2/c1-15-4-3-5-16(10-15)14-28-24(29)22(35-25(28)30)13-17-11-20(27)23(21(12-17)33-2)34-36(31,32)19-8-6-18(26)7-9-19/h3-13H,14H2,1-2H3/b22-13-. The van der Waals surface area contributed by atoms with E-state index in [1.165, 1.54) is 54.5 Å². The summed E-state index contributed by atoms with van der Waals surface area (Å²) in [7, 11) is -2.90. The lowest BCUT2D eigenvalue weighted by molar-refractivity contribution is -0.123. The van der Waals surface area contributed by atoms with Crippen LogP contribution in [0.1, 0.15) is 16.7 Å². The van der Waals surface area contributed by atoms with E-state index < -0.39 is 16.0 Å². The zero-order valence-electron chi connectivity index (χ0n) is 19.0. The molecule has 3 aromatic carbocycles. The molecule has 0 spiro atoms. The SMILES string of the molecule is COc1cc(/C=C2\SC(=O)N(Cc3cccc(C)c3)C2=O)cc(Cl)c1OS(=O)(=O)c1ccc(Cl)cc1. The molecule has 1 fully saturated rings. The van der Waals surface area contributed by atoms with E-state index in [2.05, 4.69) is 0 Å². The zero-order chi connectivity index (χ0) is 26.0. The van der Waals surface area contributed by atoms with Crippen molar-refractivity contribution in [3.63, 3.8) is 0 Å². The first-order valence-electron chi connectivity index (χ1n) is 10.5. The third kappa shape index (κ3) is 5.70. The number of imide groups is 1. The number of thioether (sulfide) groups is 1. The number of methoxy groups -OCH3 is 1. The Morgan fingerprint density at radius 3 is 2.42 bits per heavy atom. The predicted octanol–water partition coefficient (Wildman–Crippen LogP) is 6.31. The van der Waals surface area contributed by atoms with Gasteiger partial charge in [0.1, 0.15) is 4.90 Å². The Bertz CT molecular complexity index is 1490. The highest BCUT2D eigenvalue weighted by atomic mass is 35.5. The van der Waals surface area contributed by atoms with Crippen LogP contribution in [0.15, 0.2) is 70.5 Å². The van der Waals surface area contributed by atoms with E-state index in [-0.39, 0.29) is 38.1 Å². The summed E-state index contributed by atoms with van der Waals surface area (Å²) in [5, 5.41) is -0.0748. The maximum atomic E-state index is 12.9. The Kier molecular flexibility index (Phi) is 7.65. The molecule has 2 amide bonds. The molecule has 0 N–H and O–H groups in total. The lowest BCUT2D eigenvalue weighted by Gasteiger charge is -2.14. The predicted molar refractivity (Wildman–Crippen MR) is 140 cm³/mol. The molecule has 36 heavy (non-hydrogen) atoms. The van der Waals surface area contributed by atoms with Crippen LogP contribution < -0.4 is 8.92 Å². The van der Waals surface area contributed by atoms with Crippen LogP contribution in [0.4, 0.5) is 4.79 Å². The van der Waals surface area contributed by atoms with E-state index in [4.69, 9.17) is 32.1 Å². The molecule has 3 aromatic rings. The van der Waals surface area contributed by atoms with Crippen molar-refractivity contribution in [2.45, 2.75) is 18.4 Å². The summed E-state index contributed by atoms with van der Waals surface area (Å²) in [5.74, 6) is -0.615. The van der Waals surface area contributed by atoms with Crippen LogP contribution in [0.2, 0.25) is 10.0 Å². The highest BCUT2D eigenvalue weighted by Gasteiger charge is 2.35. The van der Waals surface area contributed by atoms with Crippen LogP contribution in [0.5, 0.6) is 11.5 Å². The largest absolute Gasteiger partial charge is 0.493 e. The Balaban J connectivity index is 1.60. The molecule has 0 bridgehead atoms. The number of carbonyl (C=O) groups is 2. The van der Waals surface area contributed by atoms with Gasteiger partial charge in [-0.05, 0) is 72.3 Å². The minimum absolute atomic E-state index is 0.0327. The second-order valence-electron chi connectivity index (χ2n) is 7.78. The average molecular weight is 564 g/mol. The molecule has 1 aliphatic heterocycles. The van der Waals surface area contributed by atoms with E-state index in [1.807, 2.05) is 31.2 Å². The van der Waals surface area contributed by atoms with E-state index >= 15 is 0 Å². The number of rotatable bonds is 7. The van der Waals surface area contributed by atoms with Gasteiger partial charge < -0.3 is 8.92 Å². The van der Waals surface area contributed by atoms with Crippen molar-refractivity contribution in [2.75, 3.05) is 7.11 Å². The molecule has 1 aliphatic rings. The molecule has 0 unspecified atom stereocenters. The molecule has 0 aliphatic carbocycles. The van der Waals surface area contributed by atoms with E-state index in [0.29, 0.717) is 10.6 Å². The summed E-state index contributed by atoms with van der Waals surface area (Å²) >= 11 is 13.0. The lowest BCUT2D eigenvalue weighted by Crippen LogP contribution is -2.27. The summed E-state index contributed by atoms with van der Waals surface area (Å²) in [6.07, 6.45) is 1.49. The van der Waals surface area contributed by atoms with Crippen molar-refractivity contribution in [2.24, 2.45) is 0 Å². The van der Waals surface area contributed by atoms with Crippen molar-refractivity contribution in [3.8, 4) is 11.5 Å². The van der Waals surface area contributed by atoms with Crippen LogP contribution in [-0.2, 0) is 21.5 Å². The summed E-state index contributed by atoms with van der Waals surface area (Å²) in [5.41, 5.74) is 2.29. The minimum Gasteiger partial charge on any atom is -0.493 e. The highest BCUT2D eigenvalue weighted by Crippen LogP contribution is 2.40. The topological polar surface area (TPSA) is 90.0 Å². The maximum absolute atomic E-state index is 12.9. The van der Waals surface area contributed by atoms with Gasteiger partial charge in [0.2, 0.25) is 5.75 Å². The van der Waals surface area contributed by atoms with Crippen LogP contribution in [0.3, 0.4) is 0 Å². The van der Waals surface area contributed by atoms with E-state index in [9.17, 15) is 18.0 Å². The third-order valence-electron chi connectivity index (χ3n) is 5.14. The van der Waals surface area contributed by atoms with Gasteiger partial charge in [-0.2, -0.15) is 8.42 Å². The number of nitrogens with zero attached hydrogens (tertiary/aromatic N) is 1. The summed E-state index contributed by atoms with van der Waals surface area (Å²) in [6, 6.07) is 15.9. The molecule has 0 radical (unpaired) electrons. The fourth-order valence-corrected chi connectivity index (χ4v) is 5.67. The molecule has 0 atom stereocenters. The molecule has 7 nitrogen and oxygen atoms in total. The number of carbonyl (C=O) groups excluding carboxylic acids is 2. The molecular formula is C25H19Cl2NO6S2. The zero-order valence-corrected chi connectivity index (χ0v) is 22.2. The second-order valence-corrected chi connectivity index (χ2v) is 11.2. The first-order valence-corrected chi connectivity index (χ1v) is 13.4. The van der Waals surface area contributed by atoms with Gasteiger partial charge in [0, 0.05) is 5.02 Å². The second kappa shape index (κ2) is 10.6. The number of aryl methyl sites for hydroxylation is 1. The number of amides is 2. The highest BCUT2D eigenvalue weighted by molar-refractivity contribution is 8.18. The van der Waals surface area contributed by atoms with Crippen LogP contribution in [0.25, 0.3) is 6.08 Å². The van der Waals surface area contributed by atoms with Gasteiger partial charge in [0.15, 0.2) is 5.75 Å². The number of benzene rings is 3. The van der Waals surface area contributed by atoms with Gasteiger partial charge in [-0.1, -0.05) is 53.0 Å². The van der Waals surface area contributed by atoms with Crippen molar-refractivity contribution in [1.29, 1.82) is 0 Å². The lowest BCUT2D eigenvalue weighted by atomic mass is 10.1. The molecule has 0 aromatic heterocycles. The Hall–Kier alpha value is -2.98. The van der Waals surface area contributed by atoms with Gasteiger partial charge in [-0.25, -0.2) is 0 Å². The number of halogens is 2. The van der Waals surface area contributed by atoms with Gasteiger partial charge in [-0.15, -0.1) is 0 Å². The van der Waals surface area contributed by atoms with Crippen LogP contribution >= 0.6 is 35.0 Å². The fourth-order valence-electron chi connectivity index (χ4n) is 3.44. The first-order chi connectivity index (χ1) is 17.1. The van der Waals surface area contributed by atoms with E-state index in [0.717, 1.165) is 22.9 Å². The Morgan fingerprint density at radius 2 is 1.75 bits per heavy atom. The van der Waals surface area contributed by atoms with Crippen molar-refractivity contribution < 1.29 is 26.9 Å². The van der Waals surface area contributed by atoms with Gasteiger partial charge in [-0.3, -0.25) is 14.5 Å². The molecule has 11 heteroatoms. The number of hydrogen-bond donors (Lipinski definition) is 0. The third-order valence-corrected chi connectivity index (χ3v) is 7.82. The van der Waals surface area contributed by atoms with Crippen molar-refractivity contribution in [3.05, 3.63) is 92.3 Å². The monoisotopic (exact) mass is 563 g/mol. The van der Waals surface area contributed by atoms with Crippen molar-refractivity contribution in [1.82, 2.24) is 4.90 Å². The van der Waals surface area contributed by atoms with Crippen LogP contribution in [-0.4, -0.2) is 31.6 Å². The molecular weight excluding hydrogens is 545 g/mol. The smallest absolute Gasteiger partial charge is 0.339 e. The first kappa shape index (κ1) is 26.1. The van der Waals surface area contributed by atoms with E-state index in [1.54, 1.807) is 0 Å². The molecule has 186 valence electrons. The van der Waals surface area contributed by atoms with Gasteiger partial charge >= 0.3 is 10.1 Å². The van der Waals surface area contributed by atoms with Crippen LogP contribution in [0, 0.1) is 6.92 Å². The average Bonchev–Trinajstić information content (AvgIpc) is 3.08. The molecule has 4 rings (SSSR count). The molecule has 1 saturated heterocycles. The number of ether oxygens (including phenoxy) is 1. The normalized spacial score (nSPS) is 15.0. The minimum atomic E-state index is -4.22. The number of hydrogen-bond acceptors (Lipinski definition) is 7. The Labute approximate surface area is 222 Å². The van der Waals surface area contributed by atoms with Gasteiger partial charge in [0.05, 0.1) is 23.6 Å². The summed E-state index contributed by atoms with van der Waals surface area (Å²) in [6.45, 7) is 2.09. The molecule has 1 heterocycles. The fraction of sp³-hybridized carbons (Fsp3) is 0.120. The Morgan fingerprint density at radius 1 is 1.03 bits per heavy atom. The maximum Gasteiger partial charge on any atom is 0.339 e. The quantitative estimate of drug-likeness (QED) is 0.245.